The monoisotopic (exact) mass is 279 g/mol. The average molecular weight is 279 g/mol. The molecule has 0 unspecified atom stereocenters. The van der Waals surface area contributed by atoms with Gasteiger partial charge < -0.3 is 10.1 Å². The van der Waals surface area contributed by atoms with Crippen LogP contribution < -0.4 is 5.32 Å². The zero-order chi connectivity index (χ0) is 14.5. The first-order valence-corrected chi connectivity index (χ1v) is 5.48. The molecule has 1 atom stereocenters. The van der Waals surface area contributed by atoms with E-state index < -0.39 is 30.4 Å². The van der Waals surface area contributed by atoms with Crippen LogP contribution in [-0.4, -0.2) is 25.3 Å². The number of esters is 1. The Labute approximate surface area is 107 Å². The summed E-state index contributed by atoms with van der Waals surface area (Å²) < 4.78 is 55.2. The molecule has 0 aliphatic heterocycles. The topological polar surface area (TPSA) is 38.3 Å². The number of ether oxygens (including phenoxy) is 1. The van der Waals surface area contributed by atoms with E-state index in [2.05, 4.69) is 10.1 Å². The summed E-state index contributed by atoms with van der Waals surface area (Å²) in [5.41, 5.74) is 0.133. The molecule has 1 aromatic carbocycles. The van der Waals surface area contributed by atoms with Crippen LogP contribution in [0.2, 0.25) is 0 Å². The molecule has 19 heavy (non-hydrogen) atoms. The largest absolute Gasteiger partial charge is 0.469 e. The first-order valence-electron chi connectivity index (χ1n) is 5.48. The lowest BCUT2D eigenvalue weighted by molar-refractivity contribution is -0.149. The Hall–Kier alpha value is -1.79. The summed E-state index contributed by atoms with van der Waals surface area (Å²) in [4.78, 5) is 10.9. The summed E-state index contributed by atoms with van der Waals surface area (Å²) in [5, 5.41) is 2.23. The van der Waals surface area contributed by atoms with Crippen molar-refractivity contribution in [3.63, 3.8) is 0 Å². The number of anilines is 1. The minimum Gasteiger partial charge on any atom is -0.469 e. The van der Waals surface area contributed by atoms with Gasteiger partial charge in [0.2, 0.25) is 0 Å². The molecule has 0 aliphatic rings. The van der Waals surface area contributed by atoms with Crippen molar-refractivity contribution in [3.05, 3.63) is 30.1 Å². The zero-order valence-corrected chi connectivity index (χ0v) is 10.1. The molecule has 0 fully saturated rings. The van der Waals surface area contributed by atoms with Crippen LogP contribution in [0.25, 0.3) is 0 Å². The van der Waals surface area contributed by atoms with Gasteiger partial charge in [0.25, 0.3) is 0 Å². The fraction of sp³-hybridized carbons (Fsp3) is 0.417. The van der Waals surface area contributed by atoms with Gasteiger partial charge in [-0.2, -0.15) is 13.2 Å². The van der Waals surface area contributed by atoms with Crippen molar-refractivity contribution in [2.45, 2.75) is 25.1 Å². The number of nitrogens with one attached hydrogen (secondary N) is 1. The predicted molar refractivity (Wildman–Crippen MR) is 61.1 cm³/mol. The summed E-state index contributed by atoms with van der Waals surface area (Å²) in [6, 6.07) is 2.61. The molecule has 0 heterocycles. The second-order valence-corrected chi connectivity index (χ2v) is 3.86. The summed E-state index contributed by atoms with van der Waals surface area (Å²) >= 11 is 0. The van der Waals surface area contributed by atoms with Gasteiger partial charge in [0.15, 0.2) is 0 Å². The van der Waals surface area contributed by atoms with Crippen LogP contribution in [0.1, 0.15) is 12.8 Å². The van der Waals surface area contributed by atoms with Crippen molar-refractivity contribution in [2.75, 3.05) is 12.4 Å². The van der Waals surface area contributed by atoms with E-state index in [0.717, 1.165) is 19.2 Å². The number of methoxy groups -OCH3 is 1. The maximum absolute atomic E-state index is 12.8. The molecular weight excluding hydrogens is 266 g/mol. The van der Waals surface area contributed by atoms with Gasteiger partial charge in [-0.05, 0) is 30.7 Å². The van der Waals surface area contributed by atoms with E-state index in [9.17, 15) is 22.4 Å². The number of alkyl halides is 3. The number of carbonyl (C=O) groups is 1. The fourth-order valence-electron chi connectivity index (χ4n) is 1.43. The van der Waals surface area contributed by atoms with Crippen LogP contribution in [-0.2, 0) is 9.53 Å². The molecule has 0 saturated heterocycles. The number of rotatable bonds is 5. The van der Waals surface area contributed by atoms with Crippen LogP contribution in [0.4, 0.5) is 23.2 Å². The Morgan fingerprint density at radius 1 is 1.32 bits per heavy atom. The molecule has 1 rings (SSSR count). The van der Waals surface area contributed by atoms with Crippen molar-refractivity contribution in [1.29, 1.82) is 0 Å². The third-order valence-corrected chi connectivity index (χ3v) is 2.45. The highest BCUT2D eigenvalue weighted by Gasteiger charge is 2.39. The molecule has 0 saturated carbocycles. The smallest absolute Gasteiger partial charge is 0.408 e. The molecule has 7 heteroatoms. The summed E-state index contributed by atoms with van der Waals surface area (Å²) in [5.74, 6) is -1.25. The van der Waals surface area contributed by atoms with Crippen molar-refractivity contribution in [1.82, 2.24) is 0 Å². The summed E-state index contributed by atoms with van der Waals surface area (Å²) in [7, 11) is 1.11. The van der Waals surface area contributed by atoms with Crippen molar-refractivity contribution in [2.24, 2.45) is 0 Å². The van der Waals surface area contributed by atoms with E-state index in [0.29, 0.717) is 0 Å². The lowest BCUT2D eigenvalue weighted by Gasteiger charge is -2.22. The van der Waals surface area contributed by atoms with E-state index in [1.807, 2.05) is 0 Å². The highest BCUT2D eigenvalue weighted by Crippen LogP contribution is 2.27. The zero-order valence-electron chi connectivity index (χ0n) is 10.1. The molecule has 0 amide bonds. The second-order valence-electron chi connectivity index (χ2n) is 3.86. The van der Waals surface area contributed by atoms with E-state index in [4.69, 9.17) is 0 Å². The van der Waals surface area contributed by atoms with E-state index in [1.165, 1.54) is 12.1 Å². The maximum Gasteiger partial charge on any atom is 0.408 e. The number of benzene rings is 1. The molecule has 1 N–H and O–H groups in total. The van der Waals surface area contributed by atoms with Crippen LogP contribution in [0, 0.1) is 5.82 Å². The second kappa shape index (κ2) is 6.40. The third-order valence-electron chi connectivity index (χ3n) is 2.45. The Bertz CT molecular complexity index is 417. The number of halogens is 4. The molecule has 0 aromatic heterocycles. The highest BCUT2D eigenvalue weighted by atomic mass is 19.4. The third kappa shape index (κ3) is 5.15. The van der Waals surface area contributed by atoms with Gasteiger partial charge in [0.1, 0.15) is 11.9 Å². The Balaban J connectivity index is 2.69. The van der Waals surface area contributed by atoms with Gasteiger partial charge >= 0.3 is 12.1 Å². The normalized spacial score (nSPS) is 12.9. The van der Waals surface area contributed by atoms with E-state index in [-0.39, 0.29) is 12.1 Å². The van der Waals surface area contributed by atoms with Gasteiger partial charge in [-0.1, -0.05) is 0 Å². The molecule has 0 spiro atoms. The number of carbonyl (C=O) groups excluding carboxylic acids is 1. The summed E-state index contributed by atoms with van der Waals surface area (Å²) in [6.45, 7) is 0. The standard InChI is InChI=1S/C12H13F4NO2/c1-19-11(18)7-6-10(12(14,15)16)17-9-4-2-8(13)3-5-9/h2-5,10,17H,6-7H2,1H3/t10-/m1/s1. The number of hydrogen-bond donors (Lipinski definition) is 1. The minimum atomic E-state index is -4.51. The van der Waals surface area contributed by atoms with Crippen molar-refractivity contribution in [3.8, 4) is 0 Å². The SMILES string of the molecule is COC(=O)CC[C@@H](Nc1ccc(F)cc1)C(F)(F)F. The lowest BCUT2D eigenvalue weighted by atomic mass is 10.1. The lowest BCUT2D eigenvalue weighted by Crippen LogP contribution is -2.36. The quantitative estimate of drug-likeness (QED) is 0.664. The van der Waals surface area contributed by atoms with E-state index >= 15 is 0 Å². The predicted octanol–water partition coefficient (Wildman–Crippen LogP) is 3.12. The maximum atomic E-state index is 12.8. The van der Waals surface area contributed by atoms with Gasteiger partial charge in [-0.25, -0.2) is 4.39 Å². The highest BCUT2D eigenvalue weighted by molar-refractivity contribution is 5.69. The molecule has 0 bridgehead atoms. The van der Waals surface area contributed by atoms with Crippen LogP contribution in [0.15, 0.2) is 24.3 Å². The first kappa shape index (κ1) is 15.3. The minimum absolute atomic E-state index is 0.133. The molecule has 3 nitrogen and oxygen atoms in total. The van der Waals surface area contributed by atoms with Crippen molar-refractivity contribution >= 4 is 11.7 Å². The molecule has 0 radical (unpaired) electrons. The van der Waals surface area contributed by atoms with Crippen molar-refractivity contribution < 1.29 is 27.1 Å². The Kier molecular flexibility index (Phi) is 5.14. The molecule has 0 aliphatic carbocycles. The Morgan fingerprint density at radius 3 is 2.37 bits per heavy atom. The van der Waals surface area contributed by atoms with E-state index in [1.54, 1.807) is 0 Å². The Morgan fingerprint density at radius 2 is 1.89 bits per heavy atom. The van der Waals surface area contributed by atoms with Crippen LogP contribution >= 0.6 is 0 Å². The first-order chi connectivity index (χ1) is 8.82. The summed E-state index contributed by atoms with van der Waals surface area (Å²) in [6.07, 6.45) is -5.31. The fourth-order valence-corrected chi connectivity index (χ4v) is 1.43. The average Bonchev–Trinajstić information content (AvgIpc) is 2.34. The molecular formula is C12H13F4NO2. The van der Waals surface area contributed by atoms with Gasteiger partial charge in [0.05, 0.1) is 7.11 Å². The van der Waals surface area contributed by atoms with Gasteiger partial charge in [-0.15, -0.1) is 0 Å². The molecule has 1 aromatic rings. The molecule has 106 valence electrons. The number of hydrogen-bond acceptors (Lipinski definition) is 3. The van der Waals surface area contributed by atoms with Gasteiger partial charge in [-0.3, -0.25) is 4.79 Å². The van der Waals surface area contributed by atoms with Crippen LogP contribution in [0.5, 0.6) is 0 Å². The van der Waals surface area contributed by atoms with Crippen LogP contribution in [0.3, 0.4) is 0 Å². The van der Waals surface area contributed by atoms with Gasteiger partial charge in [0, 0.05) is 12.1 Å².